The number of aryl methyl sites for hydroxylation is 1. The average Bonchev–Trinajstić information content (AvgIpc) is 3.10. The number of nitrogens with one attached hydrogen (secondary N) is 2. The molecule has 0 fully saturated rings. The van der Waals surface area contributed by atoms with Gasteiger partial charge in [0.25, 0.3) is 0 Å². The van der Waals surface area contributed by atoms with E-state index in [-0.39, 0.29) is 11.9 Å². The summed E-state index contributed by atoms with van der Waals surface area (Å²) in [5.74, 6) is 1.10. The molecule has 0 radical (unpaired) electrons. The number of carbonyl (C=O) groups is 1. The minimum Gasteiger partial charge on any atom is -0.383 e. The largest absolute Gasteiger partial charge is 0.383 e. The molecule has 0 aromatic carbocycles. The van der Waals surface area contributed by atoms with Crippen molar-refractivity contribution in [2.24, 2.45) is 11.8 Å². The van der Waals surface area contributed by atoms with Crippen LogP contribution in [0.3, 0.4) is 0 Å². The molecule has 1 aliphatic rings. The number of thiazole rings is 1. The third kappa shape index (κ3) is 6.35. The molecule has 0 saturated carbocycles. The highest BCUT2D eigenvalue weighted by Crippen LogP contribution is 2.29. The minimum atomic E-state index is 0.0805. The fourth-order valence-electron chi connectivity index (χ4n) is 3.10. The molecule has 5 heteroatoms. The number of hydrogen-bond acceptors (Lipinski definition) is 4. The van der Waals surface area contributed by atoms with Crippen molar-refractivity contribution < 1.29 is 4.79 Å². The second-order valence-electron chi connectivity index (χ2n) is 7.32. The predicted octanol–water partition coefficient (Wildman–Crippen LogP) is 4.49. The maximum Gasteiger partial charge on any atom is 0.220 e. The van der Waals surface area contributed by atoms with Gasteiger partial charge in [0.2, 0.25) is 5.91 Å². The molecule has 1 amide bonds. The Hall–Kier alpha value is -1.88. The van der Waals surface area contributed by atoms with Crippen molar-refractivity contribution in [2.75, 3.05) is 6.54 Å². The van der Waals surface area contributed by atoms with Crippen LogP contribution >= 0.6 is 11.3 Å². The number of rotatable bonds is 11. The van der Waals surface area contributed by atoms with Gasteiger partial charge < -0.3 is 10.6 Å². The maximum absolute atomic E-state index is 12.5. The fourth-order valence-corrected chi connectivity index (χ4v) is 4.25. The zero-order valence-electron chi connectivity index (χ0n) is 16.9. The lowest BCUT2D eigenvalue weighted by Crippen LogP contribution is -2.45. The molecule has 2 rings (SSSR count). The first kappa shape index (κ1) is 21.4. The van der Waals surface area contributed by atoms with Gasteiger partial charge in [-0.3, -0.25) is 4.79 Å². The lowest BCUT2D eigenvalue weighted by atomic mass is 9.96. The monoisotopic (exact) mass is 387 g/mol. The molecule has 1 aromatic rings. The van der Waals surface area contributed by atoms with Gasteiger partial charge in [-0.1, -0.05) is 46.4 Å². The molecule has 0 aliphatic heterocycles. The molecule has 3 atom stereocenters. The summed E-state index contributed by atoms with van der Waals surface area (Å²) in [6.07, 6.45) is 10.5. The van der Waals surface area contributed by atoms with Crippen molar-refractivity contribution >= 4 is 23.3 Å². The number of aromatic nitrogens is 1. The third-order valence-electron chi connectivity index (χ3n) is 5.31. The van der Waals surface area contributed by atoms with Gasteiger partial charge in [0.05, 0.1) is 10.7 Å². The van der Waals surface area contributed by atoms with E-state index in [2.05, 4.69) is 56.7 Å². The Morgan fingerprint density at radius 3 is 2.93 bits per heavy atom. The summed E-state index contributed by atoms with van der Waals surface area (Å²) < 4.78 is 0. The number of carbonyl (C=O) groups excluding carboxylic acids is 1. The molecular formula is C22H33N3OS. The summed E-state index contributed by atoms with van der Waals surface area (Å²) in [7, 11) is 0. The second kappa shape index (κ2) is 10.5. The van der Waals surface area contributed by atoms with Gasteiger partial charge >= 0.3 is 0 Å². The van der Waals surface area contributed by atoms with E-state index in [4.69, 9.17) is 4.98 Å². The Labute approximate surface area is 167 Å². The number of fused-ring (bicyclic) bond motifs is 1. The topological polar surface area (TPSA) is 54.0 Å². The van der Waals surface area contributed by atoms with Crippen LogP contribution in [-0.4, -0.2) is 23.5 Å². The quantitative estimate of drug-likeness (QED) is 0.550. The van der Waals surface area contributed by atoms with Gasteiger partial charge in [-0.15, -0.1) is 11.3 Å². The number of hydrogen-bond donors (Lipinski definition) is 2. The van der Waals surface area contributed by atoms with Crippen molar-refractivity contribution in [2.45, 2.75) is 58.9 Å². The van der Waals surface area contributed by atoms with Gasteiger partial charge in [-0.05, 0) is 36.8 Å². The lowest BCUT2D eigenvalue weighted by Gasteiger charge is -2.25. The Kier molecular flexibility index (Phi) is 8.29. The Bertz CT molecular complexity index is 692. The lowest BCUT2D eigenvalue weighted by molar-refractivity contribution is -0.122. The molecule has 1 aromatic heterocycles. The average molecular weight is 388 g/mol. The van der Waals surface area contributed by atoms with E-state index in [0.717, 1.165) is 35.7 Å². The first-order valence-electron chi connectivity index (χ1n) is 9.98. The highest BCUT2D eigenvalue weighted by Gasteiger charge is 2.20. The van der Waals surface area contributed by atoms with E-state index in [1.165, 1.54) is 4.88 Å². The van der Waals surface area contributed by atoms with Crippen LogP contribution in [0.4, 0.5) is 0 Å². The van der Waals surface area contributed by atoms with Crippen LogP contribution in [0.25, 0.3) is 6.08 Å². The van der Waals surface area contributed by atoms with Crippen LogP contribution in [0, 0.1) is 11.8 Å². The highest BCUT2D eigenvalue weighted by atomic mass is 32.1. The van der Waals surface area contributed by atoms with Crippen LogP contribution in [0.2, 0.25) is 0 Å². The Balaban J connectivity index is 1.87. The van der Waals surface area contributed by atoms with Crippen LogP contribution in [0.5, 0.6) is 0 Å². The molecule has 1 heterocycles. The zero-order chi connectivity index (χ0) is 19.8. The minimum absolute atomic E-state index is 0.0805. The molecule has 148 valence electrons. The molecular weight excluding hydrogens is 354 g/mol. The van der Waals surface area contributed by atoms with E-state index in [0.29, 0.717) is 31.2 Å². The summed E-state index contributed by atoms with van der Waals surface area (Å²) in [6.45, 7) is 14.8. The first-order valence-corrected chi connectivity index (χ1v) is 10.8. The number of nitrogens with zero attached hydrogens (tertiary/aromatic N) is 1. The third-order valence-corrected chi connectivity index (χ3v) is 6.46. The number of allylic oxidation sites excluding steroid dienone is 2. The zero-order valence-corrected chi connectivity index (χ0v) is 17.7. The van der Waals surface area contributed by atoms with Crippen molar-refractivity contribution in [3.8, 4) is 0 Å². The number of amides is 1. The van der Waals surface area contributed by atoms with Crippen LogP contribution in [0.15, 0.2) is 31.0 Å². The first-order chi connectivity index (χ1) is 13.0. The van der Waals surface area contributed by atoms with Crippen LogP contribution in [-0.2, 0) is 17.6 Å². The van der Waals surface area contributed by atoms with Crippen molar-refractivity contribution in [3.05, 3.63) is 46.6 Å². The van der Waals surface area contributed by atoms with E-state index < -0.39 is 0 Å². The van der Waals surface area contributed by atoms with Crippen LogP contribution < -0.4 is 10.6 Å². The maximum atomic E-state index is 12.5. The van der Waals surface area contributed by atoms with Crippen molar-refractivity contribution in [1.82, 2.24) is 15.6 Å². The van der Waals surface area contributed by atoms with Crippen molar-refractivity contribution in [1.29, 1.82) is 0 Å². The van der Waals surface area contributed by atoms with Gasteiger partial charge in [0, 0.05) is 36.0 Å². The Morgan fingerprint density at radius 2 is 2.26 bits per heavy atom. The second-order valence-corrected chi connectivity index (χ2v) is 8.49. The highest BCUT2D eigenvalue weighted by molar-refractivity contribution is 7.11. The van der Waals surface area contributed by atoms with E-state index in [9.17, 15) is 4.79 Å². The fraction of sp³-hybridized carbons (Fsp3) is 0.545. The van der Waals surface area contributed by atoms with E-state index >= 15 is 0 Å². The van der Waals surface area contributed by atoms with Gasteiger partial charge in [-0.25, -0.2) is 4.98 Å². The van der Waals surface area contributed by atoms with Gasteiger partial charge in [-0.2, -0.15) is 0 Å². The summed E-state index contributed by atoms with van der Waals surface area (Å²) in [5.41, 5.74) is 1.88. The molecule has 2 N–H and O–H groups in total. The van der Waals surface area contributed by atoms with E-state index in [1.54, 1.807) is 17.4 Å². The SMILES string of the molecule is C=CC(=C)NCC(NC(=O)CCc1nc2c(s1)CC(CC)C=C2)C(C)CC. The smallest absolute Gasteiger partial charge is 0.220 e. The van der Waals surface area contributed by atoms with Gasteiger partial charge in [0.15, 0.2) is 0 Å². The molecule has 0 saturated heterocycles. The van der Waals surface area contributed by atoms with Gasteiger partial charge in [0.1, 0.15) is 0 Å². The molecule has 0 spiro atoms. The van der Waals surface area contributed by atoms with Crippen LogP contribution in [0.1, 0.15) is 55.6 Å². The molecule has 4 nitrogen and oxygen atoms in total. The summed E-state index contributed by atoms with van der Waals surface area (Å²) in [6, 6.07) is 0.0805. The summed E-state index contributed by atoms with van der Waals surface area (Å²) in [4.78, 5) is 18.6. The van der Waals surface area contributed by atoms with E-state index in [1.807, 2.05) is 0 Å². The predicted molar refractivity (Wildman–Crippen MR) is 116 cm³/mol. The molecule has 3 unspecified atom stereocenters. The molecule has 0 bridgehead atoms. The standard InChI is InChI=1S/C22H33N3OS/c1-6-15(4)19(14-23-16(5)7-2)24-21(26)11-12-22-25-18-10-9-17(8-3)13-20(18)27-22/h7,9-10,15,17,19,23H,2,5-6,8,11-14H2,1,3-4H3,(H,24,26). The summed E-state index contributed by atoms with van der Waals surface area (Å²) in [5, 5.41) is 7.47. The molecule has 27 heavy (non-hydrogen) atoms. The summed E-state index contributed by atoms with van der Waals surface area (Å²) >= 11 is 1.77. The Morgan fingerprint density at radius 1 is 1.48 bits per heavy atom. The van der Waals surface area contributed by atoms with Crippen molar-refractivity contribution in [3.63, 3.8) is 0 Å². The normalized spacial score (nSPS) is 17.7. The molecule has 1 aliphatic carbocycles.